The van der Waals surface area contributed by atoms with Crippen molar-refractivity contribution in [3.05, 3.63) is 41.2 Å². The molecule has 6 heteroatoms. The summed E-state index contributed by atoms with van der Waals surface area (Å²) >= 11 is 0. The van der Waals surface area contributed by atoms with Crippen LogP contribution in [0.3, 0.4) is 0 Å². The fraction of sp³-hybridized carbons (Fsp3) is 0.650. The maximum absolute atomic E-state index is 6.34. The van der Waals surface area contributed by atoms with Gasteiger partial charge in [-0.05, 0) is 52.3 Å². The van der Waals surface area contributed by atoms with Gasteiger partial charge in [0.05, 0.1) is 30.7 Å². The Balaban J connectivity index is 1.30. The van der Waals surface area contributed by atoms with E-state index in [0.717, 1.165) is 69.3 Å². The third-order valence-corrected chi connectivity index (χ3v) is 6.13. The molecule has 2 saturated heterocycles. The highest BCUT2D eigenvalue weighted by Gasteiger charge is 2.43. The molecule has 0 bridgehead atoms. The van der Waals surface area contributed by atoms with E-state index < -0.39 is 0 Å². The van der Waals surface area contributed by atoms with Crippen LogP contribution in [0.2, 0.25) is 0 Å². The van der Waals surface area contributed by atoms with E-state index in [1.165, 1.54) is 5.56 Å². The molecule has 26 heavy (non-hydrogen) atoms. The molecule has 2 fully saturated rings. The monoisotopic (exact) mass is 359 g/mol. The van der Waals surface area contributed by atoms with E-state index in [1.807, 2.05) is 26.0 Å². The lowest BCUT2D eigenvalue weighted by atomic mass is 9.87. The van der Waals surface area contributed by atoms with E-state index in [2.05, 4.69) is 22.0 Å². The molecule has 142 valence electrons. The summed E-state index contributed by atoms with van der Waals surface area (Å²) in [5.41, 5.74) is 2.31. The molecule has 1 atom stereocenters. The number of likely N-dealkylation sites (N-methyl/N-ethyl adjacent to an activating group) is 1. The van der Waals surface area contributed by atoms with Gasteiger partial charge in [-0.15, -0.1) is 0 Å². The van der Waals surface area contributed by atoms with Crippen molar-refractivity contribution in [3.63, 3.8) is 0 Å². The average molecular weight is 359 g/mol. The Bertz CT molecular complexity index is 697. The molecule has 0 aromatic carbocycles. The molecule has 0 radical (unpaired) electrons. The van der Waals surface area contributed by atoms with Gasteiger partial charge in [0.1, 0.15) is 11.5 Å². The number of aromatic nitrogens is 1. The Kier molecular flexibility index (Phi) is 4.90. The number of nitrogens with zero attached hydrogens (tertiary/aromatic N) is 3. The number of furan rings is 1. The van der Waals surface area contributed by atoms with Crippen LogP contribution >= 0.6 is 0 Å². The smallest absolute Gasteiger partial charge is 0.138 e. The van der Waals surface area contributed by atoms with Crippen molar-refractivity contribution in [3.8, 4) is 0 Å². The second-order valence-electron chi connectivity index (χ2n) is 7.93. The number of rotatable bonds is 5. The first-order chi connectivity index (χ1) is 12.5. The van der Waals surface area contributed by atoms with Crippen LogP contribution in [0.5, 0.6) is 0 Å². The number of aryl methyl sites for hydroxylation is 2. The largest absolute Gasteiger partial charge is 0.468 e. The van der Waals surface area contributed by atoms with E-state index in [9.17, 15) is 0 Å². The maximum Gasteiger partial charge on any atom is 0.138 e. The van der Waals surface area contributed by atoms with Crippen LogP contribution in [0.1, 0.15) is 42.0 Å². The van der Waals surface area contributed by atoms with Gasteiger partial charge >= 0.3 is 0 Å². The minimum Gasteiger partial charge on any atom is -0.468 e. The summed E-state index contributed by atoms with van der Waals surface area (Å²) in [4.78, 5) is 4.87. The molecule has 4 rings (SSSR count). The number of piperidine rings is 1. The van der Waals surface area contributed by atoms with Crippen LogP contribution in [-0.2, 0) is 17.8 Å². The highest BCUT2D eigenvalue weighted by molar-refractivity contribution is 5.20. The summed E-state index contributed by atoms with van der Waals surface area (Å²) in [5, 5.41) is 4.07. The molecule has 0 aliphatic carbocycles. The molecule has 6 nitrogen and oxygen atoms in total. The Morgan fingerprint density at radius 2 is 2.12 bits per heavy atom. The van der Waals surface area contributed by atoms with Crippen molar-refractivity contribution in [1.82, 2.24) is 15.0 Å². The SMILES string of the molecule is Cc1noc(C)c1CN1CCC2(CC1)C[C@@H](N(C)Cc1ccco1)CO2. The van der Waals surface area contributed by atoms with Gasteiger partial charge in [0, 0.05) is 31.2 Å². The van der Waals surface area contributed by atoms with E-state index >= 15 is 0 Å². The van der Waals surface area contributed by atoms with Crippen LogP contribution in [0.4, 0.5) is 0 Å². The molecule has 0 N–H and O–H groups in total. The van der Waals surface area contributed by atoms with Crippen LogP contribution in [0.15, 0.2) is 27.3 Å². The van der Waals surface area contributed by atoms with Crippen molar-refractivity contribution in [2.75, 3.05) is 26.7 Å². The Morgan fingerprint density at radius 3 is 2.77 bits per heavy atom. The first-order valence-electron chi connectivity index (χ1n) is 9.55. The van der Waals surface area contributed by atoms with Crippen molar-refractivity contribution < 1.29 is 13.7 Å². The minimum atomic E-state index is 0.0529. The normalized spacial score (nSPS) is 23.3. The van der Waals surface area contributed by atoms with Crippen LogP contribution < -0.4 is 0 Å². The third-order valence-electron chi connectivity index (χ3n) is 6.13. The topological polar surface area (TPSA) is 54.9 Å². The molecule has 0 unspecified atom stereocenters. The van der Waals surface area contributed by atoms with Crippen LogP contribution in [0, 0.1) is 13.8 Å². The summed E-state index contributed by atoms with van der Waals surface area (Å²) in [6, 6.07) is 4.45. The van der Waals surface area contributed by atoms with Gasteiger partial charge in [0.25, 0.3) is 0 Å². The zero-order valence-electron chi connectivity index (χ0n) is 16.0. The second kappa shape index (κ2) is 7.18. The Labute approximate surface area is 155 Å². The lowest BCUT2D eigenvalue weighted by molar-refractivity contribution is -0.0453. The molecule has 4 heterocycles. The summed E-state index contributed by atoms with van der Waals surface area (Å²) in [7, 11) is 2.17. The average Bonchev–Trinajstić information content (AvgIpc) is 3.35. The fourth-order valence-electron chi connectivity index (χ4n) is 4.30. The van der Waals surface area contributed by atoms with Crippen molar-refractivity contribution in [2.45, 2.75) is 57.8 Å². The third kappa shape index (κ3) is 3.59. The number of ether oxygens (including phenoxy) is 1. The molecule has 2 aromatic heterocycles. The fourth-order valence-corrected chi connectivity index (χ4v) is 4.30. The van der Waals surface area contributed by atoms with E-state index in [4.69, 9.17) is 13.7 Å². The number of hydrogen-bond acceptors (Lipinski definition) is 6. The molecule has 0 saturated carbocycles. The molecule has 2 aliphatic rings. The van der Waals surface area contributed by atoms with Gasteiger partial charge < -0.3 is 13.7 Å². The highest BCUT2D eigenvalue weighted by atomic mass is 16.5. The minimum absolute atomic E-state index is 0.0529. The highest BCUT2D eigenvalue weighted by Crippen LogP contribution is 2.38. The summed E-state index contributed by atoms with van der Waals surface area (Å²) in [5.74, 6) is 1.96. The summed E-state index contributed by atoms with van der Waals surface area (Å²) < 4.78 is 17.1. The van der Waals surface area contributed by atoms with Crippen LogP contribution in [0.25, 0.3) is 0 Å². The van der Waals surface area contributed by atoms with Gasteiger partial charge in [0.15, 0.2) is 0 Å². The van der Waals surface area contributed by atoms with Crippen LogP contribution in [-0.4, -0.2) is 53.3 Å². The zero-order valence-corrected chi connectivity index (χ0v) is 16.0. The van der Waals surface area contributed by atoms with Gasteiger partial charge in [0.2, 0.25) is 0 Å². The molecular formula is C20H29N3O3. The van der Waals surface area contributed by atoms with Gasteiger partial charge in [-0.25, -0.2) is 0 Å². The molecule has 1 spiro atoms. The lowest BCUT2D eigenvalue weighted by Gasteiger charge is -2.39. The number of hydrogen-bond donors (Lipinski definition) is 0. The zero-order chi connectivity index (χ0) is 18.1. The standard InChI is InChI=1S/C20H29N3O3/c1-15-19(16(2)26-21-15)13-23-8-6-20(7-9-23)11-17(14-25-20)22(3)12-18-5-4-10-24-18/h4-5,10,17H,6-9,11-14H2,1-3H3/t17-/m1/s1. The molecule has 2 aromatic rings. The molecule has 2 aliphatic heterocycles. The van der Waals surface area contributed by atoms with E-state index in [0.29, 0.717) is 6.04 Å². The second-order valence-corrected chi connectivity index (χ2v) is 7.93. The van der Waals surface area contributed by atoms with Gasteiger partial charge in [-0.3, -0.25) is 9.80 Å². The van der Waals surface area contributed by atoms with Crippen molar-refractivity contribution in [1.29, 1.82) is 0 Å². The quantitative estimate of drug-likeness (QED) is 0.817. The predicted octanol–water partition coefficient (Wildman–Crippen LogP) is 3.14. The van der Waals surface area contributed by atoms with Crippen molar-refractivity contribution >= 4 is 0 Å². The Hall–Kier alpha value is -1.63. The summed E-state index contributed by atoms with van der Waals surface area (Å²) in [6.07, 6.45) is 5.05. The Morgan fingerprint density at radius 1 is 1.31 bits per heavy atom. The van der Waals surface area contributed by atoms with Gasteiger partial charge in [-0.2, -0.15) is 0 Å². The van der Waals surface area contributed by atoms with E-state index in [1.54, 1.807) is 6.26 Å². The van der Waals surface area contributed by atoms with E-state index in [-0.39, 0.29) is 5.60 Å². The first kappa shape index (κ1) is 17.8. The van der Waals surface area contributed by atoms with Crippen molar-refractivity contribution in [2.24, 2.45) is 0 Å². The number of likely N-dealkylation sites (tertiary alicyclic amines) is 1. The lowest BCUT2D eigenvalue weighted by Crippen LogP contribution is -2.44. The maximum atomic E-state index is 6.34. The van der Waals surface area contributed by atoms with Gasteiger partial charge in [-0.1, -0.05) is 5.16 Å². The molecule has 0 amide bonds. The molecular weight excluding hydrogens is 330 g/mol. The first-order valence-corrected chi connectivity index (χ1v) is 9.55. The summed E-state index contributed by atoms with van der Waals surface area (Å²) in [6.45, 7) is 8.75. The predicted molar refractivity (Wildman–Crippen MR) is 97.8 cm³/mol.